The lowest BCUT2D eigenvalue weighted by atomic mass is 10.2. The highest BCUT2D eigenvalue weighted by Crippen LogP contribution is 2.23. The molecule has 1 N–H and O–H groups in total. The standard InChI is InChI=1S/C21H26ClN3O4S/c1-24-11-13-25(14-12-24)30(27,28)18-8-6-17(7-9-18)16-23-21(26)10-15-29-20-5-3-2-4-19(20)22/h2-9H,10-16H2,1H3,(H,23,26). The van der Waals surface area contributed by atoms with Gasteiger partial charge in [-0.05, 0) is 36.9 Å². The summed E-state index contributed by atoms with van der Waals surface area (Å²) in [6.07, 6.45) is 0.196. The van der Waals surface area contributed by atoms with Crippen LogP contribution in [0.4, 0.5) is 0 Å². The summed E-state index contributed by atoms with van der Waals surface area (Å²) in [5.41, 5.74) is 0.827. The quantitative estimate of drug-likeness (QED) is 0.666. The van der Waals surface area contributed by atoms with Crippen molar-refractivity contribution < 1.29 is 17.9 Å². The normalized spacial score (nSPS) is 15.7. The fraction of sp³-hybridized carbons (Fsp3) is 0.381. The zero-order valence-corrected chi connectivity index (χ0v) is 18.5. The minimum absolute atomic E-state index is 0.156. The van der Waals surface area contributed by atoms with Crippen molar-refractivity contribution in [2.24, 2.45) is 0 Å². The molecule has 0 bridgehead atoms. The van der Waals surface area contributed by atoms with Crippen molar-refractivity contribution in [2.45, 2.75) is 17.9 Å². The van der Waals surface area contributed by atoms with E-state index in [9.17, 15) is 13.2 Å². The summed E-state index contributed by atoms with van der Waals surface area (Å²) in [6.45, 7) is 2.98. The molecule has 0 aromatic heterocycles. The number of hydrogen-bond acceptors (Lipinski definition) is 5. The molecule has 0 unspecified atom stereocenters. The highest BCUT2D eigenvalue weighted by molar-refractivity contribution is 7.89. The first-order chi connectivity index (χ1) is 14.4. The third-order valence-corrected chi connectivity index (χ3v) is 7.16. The van der Waals surface area contributed by atoms with Crippen LogP contribution in [0.3, 0.4) is 0 Å². The van der Waals surface area contributed by atoms with Gasteiger partial charge in [-0.1, -0.05) is 35.9 Å². The van der Waals surface area contributed by atoms with Crippen molar-refractivity contribution in [3.8, 4) is 5.75 Å². The summed E-state index contributed by atoms with van der Waals surface area (Å²) >= 11 is 6.01. The first-order valence-corrected chi connectivity index (χ1v) is 11.6. The number of hydrogen-bond donors (Lipinski definition) is 1. The molecule has 1 fully saturated rings. The minimum Gasteiger partial charge on any atom is -0.491 e. The molecular weight excluding hydrogens is 426 g/mol. The molecule has 0 atom stereocenters. The van der Waals surface area contributed by atoms with E-state index in [0.717, 1.165) is 18.7 Å². The highest BCUT2D eigenvalue weighted by atomic mass is 35.5. The van der Waals surface area contributed by atoms with Gasteiger partial charge in [0.15, 0.2) is 0 Å². The first kappa shape index (κ1) is 22.6. The van der Waals surface area contributed by atoms with Crippen molar-refractivity contribution in [1.29, 1.82) is 0 Å². The molecule has 1 aliphatic heterocycles. The Hall–Kier alpha value is -2.13. The van der Waals surface area contributed by atoms with Crippen LogP contribution in [-0.2, 0) is 21.4 Å². The molecule has 2 aromatic carbocycles. The topological polar surface area (TPSA) is 79.0 Å². The Kier molecular flexibility index (Phi) is 7.71. The van der Waals surface area contributed by atoms with Crippen molar-refractivity contribution in [2.75, 3.05) is 39.8 Å². The van der Waals surface area contributed by atoms with Gasteiger partial charge in [-0.2, -0.15) is 4.31 Å². The number of nitrogens with one attached hydrogen (secondary N) is 1. The maximum Gasteiger partial charge on any atom is 0.243 e. The van der Waals surface area contributed by atoms with Crippen molar-refractivity contribution in [3.63, 3.8) is 0 Å². The number of carbonyl (C=O) groups is 1. The second-order valence-corrected chi connectivity index (χ2v) is 9.50. The predicted molar refractivity (Wildman–Crippen MR) is 116 cm³/mol. The van der Waals surface area contributed by atoms with Gasteiger partial charge in [0.25, 0.3) is 0 Å². The lowest BCUT2D eigenvalue weighted by molar-refractivity contribution is -0.121. The molecule has 1 saturated heterocycles. The summed E-state index contributed by atoms with van der Waals surface area (Å²) in [5.74, 6) is 0.389. The van der Waals surface area contributed by atoms with E-state index in [1.54, 1.807) is 36.4 Å². The maximum atomic E-state index is 12.7. The fourth-order valence-corrected chi connectivity index (χ4v) is 4.67. The number of carbonyl (C=O) groups excluding carboxylic acids is 1. The van der Waals surface area contributed by atoms with E-state index in [4.69, 9.17) is 16.3 Å². The monoisotopic (exact) mass is 451 g/mol. The number of benzene rings is 2. The summed E-state index contributed by atoms with van der Waals surface area (Å²) in [6, 6.07) is 13.7. The molecule has 0 spiro atoms. The van der Waals surface area contributed by atoms with Gasteiger partial charge in [0.1, 0.15) is 5.75 Å². The van der Waals surface area contributed by atoms with Gasteiger partial charge < -0.3 is 15.0 Å². The SMILES string of the molecule is CN1CCN(S(=O)(=O)c2ccc(CNC(=O)CCOc3ccccc3Cl)cc2)CC1. The Morgan fingerprint density at radius 3 is 2.40 bits per heavy atom. The highest BCUT2D eigenvalue weighted by Gasteiger charge is 2.27. The van der Waals surface area contributed by atoms with Crippen molar-refractivity contribution in [1.82, 2.24) is 14.5 Å². The summed E-state index contributed by atoms with van der Waals surface area (Å²) in [5, 5.41) is 3.31. The molecule has 9 heteroatoms. The van der Waals surface area contributed by atoms with E-state index in [-0.39, 0.29) is 23.8 Å². The van der Waals surface area contributed by atoms with Crippen LogP contribution < -0.4 is 10.1 Å². The molecule has 1 heterocycles. The van der Waals surface area contributed by atoms with E-state index in [2.05, 4.69) is 10.2 Å². The zero-order valence-electron chi connectivity index (χ0n) is 16.9. The third kappa shape index (κ3) is 5.95. The summed E-state index contributed by atoms with van der Waals surface area (Å²) in [4.78, 5) is 14.4. The summed E-state index contributed by atoms with van der Waals surface area (Å²) in [7, 11) is -1.50. The van der Waals surface area contributed by atoms with Crippen LogP contribution in [0.2, 0.25) is 5.02 Å². The largest absolute Gasteiger partial charge is 0.491 e. The van der Waals surface area contributed by atoms with Gasteiger partial charge in [-0.15, -0.1) is 0 Å². The third-order valence-electron chi connectivity index (χ3n) is 4.94. The Morgan fingerprint density at radius 2 is 1.73 bits per heavy atom. The van der Waals surface area contributed by atoms with Gasteiger partial charge in [0.2, 0.25) is 15.9 Å². The molecule has 2 aromatic rings. The molecule has 0 saturated carbocycles. The maximum absolute atomic E-state index is 12.7. The van der Waals surface area contributed by atoms with Crippen LogP contribution in [0.15, 0.2) is 53.4 Å². The van der Waals surface area contributed by atoms with E-state index >= 15 is 0 Å². The van der Waals surface area contributed by atoms with Crippen LogP contribution in [0, 0.1) is 0 Å². The fourth-order valence-electron chi connectivity index (χ4n) is 3.06. The van der Waals surface area contributed by atoms with E-state index in [0.29, 0.717) is 30.4 Å². The average Bonchev–Trinajstić information content (AvgIpc) is 2.74. The number of para-hydroxylation sites is 1. The van der Waals surface area contributed by atoms with Crippen molar-refractivity contribution >= 4 is 27.5 Å². The van der Waals surface area contributed by atoms with Crippen LogP contribution in [0.5, 0.6) is 5.75 Å². The molecule has 1 aliphatic rings. The number of ether oxygens (including phenoxy) is 1. The Balaban J connectivity index is 1.46. The van der Waals surface area contributed by atoms with E-state index in [1.807, 2.05) is 19.2 Å². The van der Waals surface area contributed by atoms with Gasteiger partial charge in [-0.25, -0.2) is 8.42 Å². The van der Waals surface area contributed by atoms with Crippen LogP contribution in [-0.4, -0.2) is 63.4 Å². The lowest BCUT2D eigenvalue weighted by Gasteiger charge is -2.31. The van der Waals surface area contributed by atoms with Crippen LogP contribution in [0.1, 0.15) is 12.0 Å². The number of likely N-dealkylation sites (N-methyl/N-ethyl adjacent to an activating group) is 1. The Bertz CT molecular complexity index is 958. The molecule has 162 valence electrons. The predicted octanol–water partition coefficient (Wildman–Crippen LogP) is 2.36. The number of halogens is 1. The van der Waals surface area contributed by atoms with Crippen LogP contribution in [0.25, 0.3) is 0 Å². The van der Waals surface area contributed by atoms with Gasteiger partial charge in [-0.3, -0.25) is 4.79 Å². The van der Waals surface area contributed by atoms with E-state index < -0.39 is 10.0 Å². The zero-order chi connectivity index (χ0) is 21.6. The van der Waals surface area contributed by atoms with Gasteiger partial charge >= 0.3 is 0 Å². The second-order valence-electron chi connectivity index (χ2n) is 7.16. The van der Waals surface area contributed by atoms with Crippen LogP contribution >= 0.6 is 11.6 Å². The molecule has 7 nitrogen and oxygen atoms in total. The molecule has 1 amide bonds. The Morgan fingerprint density at radius 1 is 1.07 bits per heavy atom. The van der Waals surface area contributed by atoms with Crippen molar-refractivity contribution in [3.05, 3.63) is 59.1 Å². The number of nitrogens with zero attached hydrogens (tertiary/aromatic N) is 2. The second kappa shape index (κ2) is 10.3. The Labute approximate surface area is 182 Å². The molecule has 3 rings (SSSR count). The lowest BCUT2D eigenvalue weighted by Crippen LogP contribution is -2.47. The number of piperazine rings is 1. The van der Waals surface area contributed by atoms with Gasteiger partial charge in [0.05, 0.1) is 22.9 Å². The molecule has 30 heavy (non-hydrogen) atoms. The summed E-state index contributed by atoms with van der Waals surface area (Å²) < 4.78 is 32.5. The molecule has 0 radical (unpaired) electrons. The first-order valence-electron chi connectivity index (χ1n) is 9.78. The number of rotatable bonds is 8. The minimum atomic E-state index is -3.48. The molecular formula is C21H26ClN3O4S. The smallest absolute Gasteiger partial charge is 0.243 e. The van der Waals surface area contributed by atoms with E-state index in [1.165, 1.54) is 4.31 Å². The van der Waals surface area contributed by atoms with Gasteiger partial charge in [0, 0.05) is 32.7 Å². The average molecular weight is 452 g/mol. The molecule has 0 aliphatic carbocycles. The number of amides is 1. The number of sulfonamides is 1.